The minimum absolute atomic E-state index is 0.0230. The lowest BCUT2D eigenvalue weighted by molar-refractivity contribution is -0.122. The molecule has 9 heteroatoms. The van der Waals surface area contributed by atoms with Gasteiger partial charge < -0.3 is 5.32 Å². The summed E-state index contributed by atoms with van der Waals surface area (Å²) < 4.78 is 27.0. The molecular weight excluding hydrogens is 373 g/mol. The molecule has 0 saturated carbocycles. The number of amides is 1. The summed E-state index contributed by atoms with van der Waals surface area (Å²) in [6.07, 6.45) is 3.23. The van der Waals surface area contributed by atoms with Crippen molar-refractivity contribution in [3.05, 3.63) is 58.3 Å². The normalized spacial score (nSPS) is 12.6. The molecule has 1 atom stereocenters. The van der Waals surface area contributed by atoms with Gasteiger partial charge in [0.2, 0.25) is 15.9 Å². The van der Waals surface area contributed by atoms with Crippen molar-refractivity contribution in [1.29, 1.82) is 0 Å². The first kappa shape index (κ1) is 18.7. The van der Waals surface area contributed by atoms with Crippen molar-refractivity contribution in [1.82, 2.24) is 15.0 Å². The molecular formula is C15H15Cl2N3O3S. The van der Waals surface area contributed by atoms with Crippen molar-refractivity contribution in [3.8, 4) is 0 Å². The van der Waals surface area contributed by atoms with Crippen molar-refractivity contribution < 1.29 is 13.2 Å². The lowest BCUT2D eigenvalue weighted by Crippen LogP contribution is -2.44. The molecule has 0 aliphatic carbocycles. The first-order valence-electron chi connectivity index (χ1n) is 6.93. The molecule has 1 heterocycles. The van der Waals surface area contributed by atoms with Crippen LogP contribution in [0.1, 0.15) is 12.5 Å². The van der Waals surface area contributed by atoms with Crippen LogP contribution in [0.5, 0.6) is 0 Å². The van der Waals surface area contributed by atoms with Crippen LogP contribution in [0.3, 0.4) is 0 Å². The van der Waals surface area contributed by atoms with E-state index in [1.807, 2.05) is 0 Å². The summed E-state index contributed by atoms with van der Waals surface area (Å²) in [7, 11) is -3.98. The van der Waals surface area contributed by atoms with Gasteiger partial charge in [0.25, 0.3) is 0 Å². The number of nitrogens with one attached hydrogen (secondary N) is 2. The number of nitrogens with zero attached hydrogens (tertiary/aromatic N) is 1. The van der Waals surface area contributed by atoms with Crippen LogP contribution in [0.2, 0.25) is 10.0 Å². The molecule has 1 aromatic heterocycles. The highest BCUT2D eigenvalue weighted by molar-refractivity contribution is 7.89. The number of sulfonamides is 1. The smallest absolute Gasteiger partial charge is 0.242 e. The first-order chi connectivity index (χ1) is 11.3. The molecule has 1 amide bonds. The summed E-state index contributed by atoms with van der Waals surface area (Å²) in [5, 5.41) is 2.89. The standard InChI is InChI=1S/C15H15Cl2N3O3S/c1-10(15(21)19-9-11-3-2-6-18-8-11)20-24(22,23)14-7-12(16)4-5-13(14)17/h2-8,10,20H,9H2,1H3,(H,19,21)/t10-/m0/s1. The third-order valence-electron chi connectivity index (χ3n) is 3.10. The average molecular weight is 388 g/mol. The van der Waals surface area contributed by atoms with Gasteiger partial charge in [0.1, 0.15) is 4.90 Å². The zero-order chi connectivity index (χ0) is 17.7. The monoisotopic (exact) mass is 387 g/mol. The second kappa shape index (κ2) is 7.94. The first-order valence-corrected chi connectivity index (χ1v) is 9.17. The summed E-state index contributed by atoms with van der Waals surface area (Å²) in [6, 6.07) is 6.65. The van der Waals surface area contributed by atoms with Gasteiger partial charge in [-0.05, 0) is 36.8 Å². The molecule has 0 fully saturated rings. The van der Waals surface area contributed by atoms with Crippen molar-refractivity contribution in [2.24, 2.45) is 0 Å². The molecule has 0 radical (unpaired) electrons. The van der Waals surface area contributed by atoms with E-state index in [9.17, 15) is 13.2 Å². The van der Waals surface area contributed by atoms with E-state index in [2.05, 4.69) is 15.0 Å². The largest absolute Gasteiger partial charge is 0.351 e. The second-order valence-electron chi connectivity index (χ2n) is 5.00. The molecule has 1 aromatic carbocycles. The Bertz CT molecular complexity index is 829. The number of rotatable bonds is 6. The highest BCUT2D eigenvalue weighted by Gasteiger charge is 2.24. The lowest BCUT2D eigenvalue weighted by Gasteiger charge is -2.15. The molecule has 2 N–H and O–H groups in total. The Morgan fingerprint density at radius 1 is 1.29 bits per heavy atom. The SMILES string of the molecule is C[C@H](NS(=O)(=O)c1cc(Cl)ccc1Cl)C(=O)NCc1cccnc1. The molecule has 0 unspecified atom stereocenters. The number of carbonyl (C=O) groups is 1. The second-order valence-corrected chi connectivity index (χ2v) is 7.52. The van der Waals surface area contributed by atoms with Gasteiger partial charge in [0, 0.05) is 24.0 Å². The number of hydrogen-bond acceptors (Lipinski definition) is 4. The van der Waals surface area contributed by atoms with Crippen molar-refractivity contribution in [2.45, 2.75) is 24.4 Å². The van der Waals surface area contributed by atoms with Gasteiger partial charge >= 0.3 is 0 Å². The fraction of sp³-hybridized carbons (Fsp3) is 0.200. The van der Waals surface area contributed by atoms with Crippen LogP contribution in [-0.2, 0) is 21.4 Å². The third kappa shape index (κ3) is 4.91. The molecule has 24 heavy (non-hydrogen) atoms. The van der Waals surface area contributed by atoms with E-state index in [1.165, 1.54) is 25.1 Å². The zero-order valence-electron chi connectivity index (χ0n) is 12.7. The Labute approximate surface area is 150 Å². The van der Waals surface area contributed by atoms with Gasteiger partial charge in [-0.15, -0.1) is 0 Å². The van der Waals surface area contributed by atoms with Crippen LogP contribution < -0.4 is 10.0 Å². The summed E-state index contributed by atoms with van der Waals surface area (Å²) in [5.41, 5.74) is 0.804. The maximum absolute atomic E-state index is 12.4. The van der Waals surface area contributed by atoms with E-state index in [1.54, 1.807) is 24.5 Å². The van der Waals surface area contributed by atoms with Crippen molar-refractivity contribution >= 4 is 39.1 Å². The zero-order valence-corrected chi connectivity index (χ0v) is 15.0. The predicted molar refractivity (Wildman–Crippen MR) is 92.3 cm³/mol. The van der Waals surface area contributed by atoms with Crippen LogP contribution >= 0.6 is 23.2 Å². The number of aromatic nitrogens is 1. The summed E-state index contributed by atoms with van der Waals surface area (Å²) in [4.78, 5) is 15.8. The van der Waals surface area contributed by atoms with Crippen LogP contribution in [-0.4, -0.2) is 25.4 Å². The Balaban J connectivity index is 2.03. The average Bonchev–Trinajstić information content (AvgIpc) is 2.55. The van der Waals surface area contributed by atoms with Crippen LogP contribution in [0.25, 0.3) is 0 Å². The van der Waals surface area contributed by atoms with Crippen molar-refractivity contribution in [2.75, 3.05) is 0 Å². The molecule has 0 saturated heterocycles. The van der Waals surface area contributed by atoms with E-state index >= 15 is 0 Å². The van der Waals surface area contributed by atoms with Gasteiger partial charge in [-0.2, -0.15) is 4.72 Å². The summed E-state index contributed by atoms with van der Waals surface area (Å²) in [5.74, 6) is -0.472. The van der Waals surface area contributed by atoms with E-state index < -0.39 is 22.0 Å². The highest BCUT2D eigenvalue weighted by Crippen LogP contribution is 2.24. The topological polar surface area (TPSA) is 88.2 Å². The van der Waals surface area contributed by atoms with Crippen LogP contribution in [0.4, 0.5) is 0 Å². The number of halogens is 2. The van der Waals surface area contributed by atoms with Gasteiger partial charge in [0.15, 0.2) is 0 Å². The van der Waals surface area contributed by atoms with Gasteiger partial charge in [-0.3, -0.25) is 9.78 Å². The van der Waals surface area contributed by atoms with Crippen LogP contribution in [0.15, 0.2) is 47.6 Å². The van der Waals surface area contributed by atoms with Gasteiger partial charge in [-0.1, -0.05) is 29.3 Å². The maximum atomic E-state index is 12.4. The molecule has 6 nitrogen and oxygen atoms in total. The van der Waals surface area contributed by atoms with Crippen LogP contribution in [0, 0.1) is 0 Å². The molecule has 0 aliphatic rings. The van der Waals surface area contributed by atoms with E-state index in [4.69, 9.17) is 23.2 Å². The highest BCUT2D eigenvalue weighted by atomic mass is 35.5. The summed E-state index contributed by atoms with van der Waals surface area (Å²) >= 11 is 11.7. The Morgan fingerprint density at radius 2 is 2.04 bits per heavy atom. The minimum Gasteiger partial charge on any atom is -0.351 e. The Kier molecular flexibility index (Phi) is 6.17. The number of benzene rings is 1. The Morgan fingerprint density at radius 3 is 2.71 bits per heavy atom. The fourth-order valence-corrected chi connectivity index (χ4v) is 3.84. The molecule has 2 rings (SSSR count). The number of hydrogen-bond donors (Lipinski definition) is 2. The van der Waals surface area contributed by atoms with E-state index in [0.29, 0.717) is 0 Å². The molecule has 0 spiro atoms. The molecule has 128 valence electrons. The molecule has 0 aliphatic heterocycles. The fourth-order valence-electron chi connectivity index (χ4n) is 1.88. The number of pyridine rings is 1. The molecule has 0 bridgehead atoms. The Hall–Kier alpha value is -1.67. The third-order valence-corrected chi connectivity index (χ3v) is 5.35. The van der Waals surface area contributed by atoms with E-state index in [-0.39, 0.29) is 21.5 Å². The van der Waals surface area contributed by atoms with Crippen molar-refractivity contribution in [3.63, 3.8) is 0 Å². The van der Waals surface area contributed by atoms with Gasteiger partial charge in [-0.25, -0.2) is 8.42 Å². The molecule has 2 aromatic rings. The summed E-state index contributed by atoms with van der Waals surface area (Å²) in [6.45, 7) is 1.69. The van der Waals surface area contributed by atoms with E-state index in [0.717, 1.165) is 5.56 Å². The predicted octanol–water partition coefficient (Wildman–Crippen LogP) is 2.37. The minimum atomic E-state index is -3.98. The van der Waals surface area contributed by atoms with Gasteiger partial charge in [0.05, 0.1) is 11.1 Å². The lowest BCUT2D eigenvalue weighted by atomic mass is 10.2. The maximum Gasteiger partial charge on any atom is 0.242 e. The number of carbonyl (C=O) groups excluding carboxylic acids is 1. The quantitative estimate of drug-likeness (QED) is 0.795.